The first kappa shape index (κ1) is 12.5. The van der Waals surface area contributed by atoms with E-state index in [4.69, 9.17) is 5.53 Å². The number of azide groups is 1. The van der Waals surface area contributed by atoms with Crippen LogP contribution >= 0.6 is 0 Å². The molecule has 5 nitrogen and oxygen atoms in total. The van der Waals surface area contributed by atoms with Gasteiger partial charge in [-0.15, -0.1) is 0 Å². The van der Waals surface area contributed by atoms with Crippen LogP contribution in [0.3, 0.4) is 0 Å². The van der Waals surface area contributed by atoms with Crippen molar-refractivity contribution in [1.82, 2.24) is 0 Å². The standard InChI is InChI=1S/C4H7N3O2.Na/c1-4(2,3(8)9)6-7-5;/h1-2H3,(H,8,9);/q;+1/p-1. The third-order valence-corrected chi connectivity index (χ3v) is 0.794. The Kier molecular flexibility index (Phi) is 5.70. The van der Waals surface area contributed by atoms with Gasteiger partial charge in [-0.05, 0) is 19.4 Å². The Hall–Kier alpha value is -0.220. The molecule has 0 aromatic heterocycles. The molecule has 0 heterocycles. The molecular formula is C4H6N3NaO2. The molecule has 0 fully saturated rings. The molecule has 0 aliphatic carbocycles. The van der Waals surface area contributed by atoms with Crippen molar-refractivity contribution in [3.63, 3.8) is 0 Å². The zero-order chi connectivity index (χ0) is 7.49. The van der Waals surface area contributed by atoms with Gasteiger partial charge in [0.05, 0.1) is 11.5 Å². The third-order valence-electron chi connectivity index (χ3n) is 0.794. The van der Waals surface area contributed by atoms with Gasteiger partial charge in [0.25, 0.3) is 0 Å². The number of hydrogen-bond donors (Lipinski definition) is 0. The number of carbonyl (C=O) groups excluding carboxylic acids is 1. The van der Waals surface area contributed by atoms with Gasteiger partial charge in [-0.3, -0.25) is 0 Å². The molecule has 0 spiro atoms. The number of aliphatic carboxylic acids is 1. The van der Waals surface area contributed by atoms with Crippen LogP contribution in [-0.2, 0) is 4.79 Å². The summed E-state index contributed by atoms with van der Waals surface area (Å²) in [4.78, 5) is 12.4. The van der Waals surface area contributed by atoms with Gasteiger partial charge in [-0.2, -0.15) is 0 Å². The summed E-state index contributed by atoms with van der Waals surface area (Å²) in [6, 6.07) is 0. The van der Waals surface area contributed by atoms with Crippen molar-refractivity contribution in [2.45, 2.75) is 19.4 Å². The molecule has 0 N–H and O–H groups in total. The number of rotatable bonds is 2. The molecular weight excluding hydrogens is 145 g/mol. The summed E-state index contributed by atoms with van der Waals surface area (Å²) in [5.41, 5.74) is 6.38. The molecule has 0 aromatic carbocycles. The summed E-state index contributed by atoms with van der Waals surface area (Å²) in [6.45, 7) is 2.53. The van der Waals surface area contributed by atoms with Crippen molar-refractivity contribution < 1.29 is 39.5 Å². The van der Waals surface area contributed by atoms with Crippen molar-refractivity contribution in [1.29, 1.82) is 0 Å². The van der Waals surface area contributed by atoms with E-state index in [1.54, 1.807) is 0 Å². The molecule has 0 unspecified atom stereocenters. The third kappa shape index (κ3) is 3.74. The molecule has 0 aromatic rings. The molecule has 6 heteroatoms. The summed E-state index contributed by atoms with van der Waals surface area (Å²) < 4.78 is 0. The van der Waals surface area contributed by atoms with Gasteiger partial charge in [0.15, 0.2) is 0 Å². The average molecular weight is 151 g/mol. The minimum Gasteiger partial charge on any atom is -0.549 e. The van der Waals surface area contributed by atoms with Crippen LogP contribution in [0.4, 0.5) is 0 Å². The van der Waals surface area contributed by atoms with Gasteiger partial charge >= 0.3 is 29.6 Å². The van der Waals surface area contributed by atoms with Crippen LogP contribution in [0.5, 0.6) is 0 Å². The molecule has 0 aliphatic rings. The van der Waals surface area contributed by atoms with Crippen molar-refractivity contribution in [3.8, 4) is 0 Å². The average Bonchev–Trinajstić information content (AvgIpc) is 1.65. The van der Waals surface area contributed by atoms with E-state index in [-0.39, 0.29) is 29.6 Å². The van der Waals surface area contributed by atoms with E-state index in [1.165, 1.54) is 13.8 Å². The second-order valence-corrected chi connectivity index (χ2v) is 2.04. The molecule has 0 aliphatic heterocycles. The van der Waals surface area contributed by atoms with E-state index in [2.05, 4.69) is 10.0 Å². The van der Waals surface area contributed by atoms with Crippen LogP contribution in [0.15, 0.2) is 5.11 Å². The fourth-order valence-corrected chi connectivity index (χ4v) is 0.153. The fraction of sp³-hybridized carbons (Fsp3) is 0.750. The van der Waals surface area contributed by atoms with Crippen LogP contribution in [-0.4, -0.2) is 11.5 Å². The minimum atomic E-state index is -1.44. The van der Waals surface area contributed by atoms with Gasteiger partial charge in [0, 0.05) is 4.91 Å². The van der Waals surface area contributed by atoms with Gasteiger partial charge in [0.1, 0.15) is 0 Å². The first-order valence-electron chi connectivity index (χ1n) is 2.28. The van der Waals surface area contributed by atoms with Gasteiger partial charge < -0.3 is 9.90 Å². The predicted octanol–water partition coefficient (Wildman–Crippen LogP) is -3.17. The largest absolute Gasteiger partial charge is 1.00 e. The summed E-state index contributed by atoms with van der Waals surface area (Å²) in [5, 5.41) is 13.0. The van der Waals surface area contributed by atoms with E-state index in [1.807, 2.05) is 0 Å². The van der Waals surface area contributed by atoms with Crippen molar-refractivity contribution in [2.24, 2.45) is 5.11 Å². The summed E-state index contributed by atoms with van der Waals surface area (Å²) in [6.07, 6.45) is 0. The van der Waals surface area contributed by atoms with E-state index in [0.717, 1.165) is 0 Å². The number of hydrogen-bond acceptors (Lipinski definition) is 3. The maximum absolute atomic E-state index is 10.0. The smallest absolute Gasteiger partial charge is 0.549 e. The van der Waals surface area contributed by atoms with Crippen LogP contribution in [0, 0.1) is 0 Å². The summed E-state index contributed by atoms with van der Waals surface area (Å²) in [5.74, 6) is -1.37. The molecule has 0 amide bonds. The first-order valence-corrected chi connectivity index (χ1v) is 2.28. The Balaban J connectivity index is 0. The molecule has 0 bridgehead atoms. The van der Waals surface area contributed by atoms with Crippen LogP contribution in [0.25, 0.3) is 10.4 Å². The topological polar surface area (TPSA) is 88.9 Å². The number of nitrogens with zero attached hydrogens (tertiary/aromatic N) is 3. The molecule has 0 rings (SSSR count). The molecule has 0 atom stereocenters. The molecule has 50 valence electrons. The molecule has 0 saturated carbocycles. The Morgan fingerprint density at radius 1 is 1.70 bits per heavy atom. The monoisotopic (exact) mass is 151 g/mol. The molecule has 0 radical (unpaired) electrons. The van der Waals surface area contributed by atoms with Gasteiger partial charge in [-0.25, -0.2) is 0 Å². The second kappa shape index (κ2) is 4.57. The zero-order valence-electron chi connectivity index (χ0n) is 6.16. The maximum atomic E-state index is 10.0. The Morgan fingerprint density at radius 2 is 2.10 bits per heavy atom. The molecule has 10 heavy (non-hydrogen) atoms. The quantitative estimate of drug-likeness (QED) is 0.180. The van der Waals surface area contributed by atoms with Crippen molar-refractivity contribution in [3.05, 3.63) is 10.4 Å². The number of carboxylic acids is 1. The zero-order valence-corrected chi connectivity index (χ0v) is 8.16. The predicted molar refractivity (Wildman–Crippen MR) is 28.2 cm³/mol. The summed E-state index contributed by atoms with van der Waals surface area (Å²) in [7, 11) is 0. The first-order chi connectivity index (χ1) is 4.00. The Bertz CT molecular complexity index is 169. The van der Waals surface area contributed by atoms with E-state index in [0.29, 0.717) is 0 Å². The van der Waals surface area contributed by atoms with Crippen LogP contribution in [0.2, 0.25) is 0 Å². The van der Waals surface area contributed by atoms with E-state index in [9.17, 15) is 9.90 Å². The second-order valence-electron chi connectivity index (χ2n) is 2.04. The van der Waals surface area contributed by atoms with Gasteiger partial charge in [-0.1, -0.05) is 5.11 Å². The summed E-state index contributed by atoms with van der Waals surface area (Å²) >= 11 is 0. The van der Waals surface area contributed by atoms with Crippen LogP contribution < -0.4 is 34.7 Å². The Morgan fingerprint density at radius 3 is 2.20 bits per heavy atom. The van der Waals surface area contributed by atoms with Crippen molar-refractivity contribution in [2.75, 3.05) is 0 Å². The van der Waals surface area contributed by atoms with Crippen LogP contribution in [0.1, 0.15) is 13.8 Å². The van der Waals surface area contributed by atoms with Gasteiger partial charge in [0.2, 0.25) is 0 Å². The number of carboxylic acid groups (broad SMARTS) is 1. The van der Waals surface area contributed by atoms with Crippen molar-refractivity contribution >= 4 is 5.97 Å². The number of carbonyl (C=O) groups is 1. The normalized spacial score (nSPS) is 9.00. The SMILES string of the molecule is CC(C)(N=[N+]=[N-])C(=O)[O-].[Na+]. The maximum Gasteiger partial charge on any atom is 1.00 e. The van der Waals surface area contributed by atoms with E-state index < -0.39 is 11.5 Å². The minimum absolute atomic E-state index is 0. The molecule has 0 saturated heterocycles. The fourth-order valence-electron chi connectivity index (χ4n) is 0.153. The van der Waals surface area contributed by atoms with E-state index >= 15 is 0 Å². The Labute approximate surface area is 80.3 Å².